The third kappa shape index (κ3) is 7.79. The molecule has 0 saturated carbocycles. The number of piperidine rings is 1. The molecule has 1 fully saturated rings. The van der Waals surface area contributed by atoms with Crippen molar-refractivity contribution in [3.8, 4) is 0 Å². The predicted molar refractivity (Wildman–Crippen MR) is 119 cm³/mol. The highest BCUT2D eigenvalue weighted by molar-refractivity contribution is 7.89. The lowest BCUT2D eigenvalue weighted by molar-refractivity contribution is -0.121. The first kappa shape index (κ1) is 25.1. The van der Waals surface area contributed by atoms with Crippen LogP contribution < -0.4 is 10.5 Å². The van der Waals surface area contributed by atoms with Crippen LogP contribution in [0.2, 0.25) is 0 Å². The first-order valence-corrected chi connectivity index (χ1v) is 11.9. The SMILES string of the molecule is CC(C(=O)Nc1ccc(S(N)(=O)=O)cc1)N1CCCC(CN(C)C(=O)OC(C)(C)C)C1. The van der Waals surface area contributed by atoms with Crippen LogP contribution in [0.25, 0.3) is 0 Å². The van der Waals surface area contributed by atoms with Gasteiger partial charge >= 0.3 is 6.09 Å². The Hall–Kier alpha value is -2.17. The molecule has 1 aromatic rings. The first-order chi connectivity index (χ1) is 14.3. The number of hydrogen-bond acceptors (Lipinski definition) is 6. The topological polar surface area (TPSA) is 122 Å². The largest absolute Gasteiger partial charge is 0.444 e. The van der Waals surface area contributed by atoms with Crippen LogP contribution in [0.1, 0.15) is 40.5 Å². The number of nitrogens with zero attached hydrogens (tertiary/aromatic N) is 2. The summed E-state index contributed by atoms with van der Waals surface area (Å²) >= 11 is 0. The van der Waals surface area contributed by atoms with Crippen LogP contribution in [0.3, 0.4) is 0 Å². The van der Waals surface area contributed by atoms with E-state index in [-0.39, 0.29) is 28.9 Å². The zero-order valence-corrected chi connectivity index (χ0v) is 19.7. The van der Waals surface area contributed by atoms with Gasteiger partial charge in [0, 0.05) is 25.8 Å². The van der Waals surface area contributed by atoms with E-state index < -0.39 is 15.6 Å². The van der Waals surface area contributed by atoms with Gasteiger partial charge in [0.25, 0.3) is 0 Å². The lowest BCUT2D eigenvalue weighted by Gasteiger charge is -2.37. The van der Waals surface area contributed by atoms with Gasteiger partial charge in [-0.3, -0.25) is 9.69 Å². The fraction of sp³-hybridized carbons (Fsp3) is 0.619. The van der Waals surface area contributed by atoms with Gasteiger partial charge in [0.2, 0.25) is 15.9 Å². The molecule has 0 aliphatic carbocycles. The van der Waals surface area contributed by atoms with E-state index in [9.17, 15) is 18.0 Å². The van der Waals surface area contributed by atoms with E-state index in [2.05, 4.69) is 10.2 Å². The Balaban J connectivity index is 1.92. The Labute approximate surface area is 185 Å². The molecule has 0 bridgehead atoms. The van der Waals surface area contributed by atoms with Gasteiger partial charge < -0.3 is 15.0 Å². The summed E-state index contributed by atoms with van der Waals surface area (Å²) in [6.45, 7) is 9.41. The Kier molecular flexibility index (Phi) is 8.07. The molecule has 1 aliphatic heterocycles. The number of nitrogens with two attached hydrogens (primary N) is 1. The lowest BCUT2D eigenvalue weighted by Crippen LogP contribution is -2.49. The Morgan fingerprint density at radius 3 is 2.45 bits per heavy atom. The third-order valence-corrected chi connectivity index (χ3v) is 6.09. The number of hydrogen-bond donors (Lipinski definition) is 2. The molecule has 1 aromatic carbocycles. The molecular weight excluding hydrogens is 420 g/mol. The highest BCUT2D eigenvalue weighted by Crippen LogP contribution is 2.21. The number of likely N-dealkylation sites (tertiary alicyclic amines) is 1. The smallest absolute Gasteiger partial charge is 0.410 e. The van der Waals surface area contributed by atoms with E-state index >= 15 is 0 Å². The third-order valence-electron chi connectivity index (χ3n) is 5.17. The van der Waals surface area contributed by atoms with E-state index in [1.165, 1.54) is 24.3 Å². The first-order valence-electron chi connectivity index (χ1n) is 10.4. The van der Waals surface area contributed by atoms with Crippen molar-refractivity contribution in [2.24, 2.45) is 11.1 Å². The van der Waals surface area contributed by atoms with E-state index in [4.69, 9.17) is 9.88 Å². The van der Waals surface area contributed by atoms with Gasteiger partial charge in [-0.2, -0.15) is 0 Å². The summed E-state index contributed by atoms with van der Waals surface area (Å²) in [5.74, 6) is 0.0695. The second-order valence-electron chi connectivity index (χ2n) is 9.10. The average Bonchev–Trinajstić information content (AvgIpc) is 2.66. The molecule has 0 spiro atoms. The van der Waals surface area contributed by atoms with Crippen LogP contribution in [-0.2, 0) is 19.6 Å². The van der Waals surface area contributed by atoms with Crippen molar-refractivity contribution in [1.29, 1.82) is 0 Å². The van der Waals surface area contributed by atoms with E-state index in [1.807, 2.05) is 27.7 Å². The minimum Gasteiger partial charge on any atom is -0.444 e. The van der Waals surface area contributed by atoms with Gasteiger partial charge in [-0.15, -0.1) is 0 Å². The number of ether oxygens (including phenoxy) is 1. The van der Waals surface area contributed by atoms with Crippen LogP contribution in [0.4, 0.5) is 10.5 Å². The van der Waals surface area contributed by atoms with Crippen molar-refractivity contribution in [1.82, 2.24) is 9.80 Å². The number of benzene rings is 1. The van der Waals surface area contributed by atoms with Crippen molar-refractivity contribution in [3.63, 3.8) is 0 Å². The zero-order valence-electron chi connectivity index (χ0n) is 18.9. The van der Waals surface area contributed by atoms with Crippen LogP contribution in [0.5, 0.6) is 0 Å². The fourth-order valence-electron chi connectivity index (χ4n) is 3.54. The second kappa shape index (κ2) is 9.97. The molecule has 31 heavy (non-hydrogen) atoms. The number of carbonyl (C=O) groups is 2. The summed E-state index contributed by atoms with van der Waals surface area (Å²) in [6.07, 6.45) is 1.57. The Morgan fingerprint density at radius 1 is 1.29 bits per heavy atom. The molecule has 0 aromatic heterocycles. The summed E-state index contributed by atoms with van der Waals surface area (Å²) in [5.41, 5.74) is -0.0363. The fourth-order valence-corrected chi connectivity index (χ4v) is 4.06. The summed E-state index contributed by atoms with van der Waals surface area (Å²) in [4.78, 5) is 28.6. The van der Waals surface area contributed by atoms with Crippen molar-refractivity contribution >= 4 is 27.7 Å². The molecule has 174 valence electrons. The summed E-state index contributed by atoms with van der Waals surface area (Å²) in [7, 11) is -2.04. The van der Waals surface area contributed by atoms with Crippen LogP contribution in [0, 0.1) is 5.92 Å². The van der Waals surface area contributed by atoms with Crippen molar-refractivity contribution in [3.05, 3.63) is 24.3 Å². The number of anilines is 1. The number of amides is 2. The molecule has 1 aliphatic rings. The van der Waals surface area contributed by atoms with Gasteiger partial charge in [0.1, 0.15) is 5.60 Å². The Bertz CT molecular complexity index is 880. The molecule has 3 N–H and O–H groups in total. The molecule has 1 heterocycles. The average molecular weight is 455 g/mol. The molecule has 2 rings (SSSR count). The monoisotopic (exact) mass is 454 g/mol. The Morgan fingerprint density at radius 2 is 1.90 bits per heavy atom. The number of sulfonamides is 1. The minimum absolute atomic E-state index is 0.00785. The van der Waals surface area contributed by atoms with Gasteiger partial charge in [-0.25, -0.2) is 18.4 Å². The van der Waals surface area contributed by atoms with Gasteiger partial charge in [0.05, 0.1) is 10.9 Å². The molecular formula is C21H34N4O5S. The standard InChI is InChI=1S/C21H34N4O5S/c1-15(19(26)23-17-8-10-18(11-9-17)31(22,28)29)25-12-6-7-16(14-25)13-24(5)20(27)30-21(2,3)4/h8-11,15-16H,6-7,12-14H2,1-5H3,(H,23,26)(H2,22,28,29). The molecule has 2 atom stereocenters. The maximum atomic E-state index is 12.7. The quantitative estimate of drug-likeness (QED) is 0.680. The second-order valence-corrected chi connectivity index (χ2v) is 10.7. The van der Waals surface area contributed by atoms with Gasteiger partial charge in [-0.05, 0) is 77.3 Å². The predicted octanol–water partition coefficient (Wildman–Crippen LogP) is 2.24. The maximum absolute atomic E-state index is 12.7. The molecule has 2 unspecified atom stereocenters. The molecule has 10 heteroatoms. The summed E-state index contributed by atoms with van der Waals surface area (Å²) in [5, 5.41) is 7.91. The van der Waals surface area contributed by atoms with Crippen molar-refractivity contribution in [2.75, 3.05) is 32.0 Å². The summed E-state index contributed by atoms with van der Waals surface area (Å²) < 4.78 is 28.1. The molecule has 1 saturated heterocycles. The maximum Gasteiger partial charge on any atom is 0.410 e. The molecule has 2 amide bonds. The zero-order chi connectivity index (χ0) is 23.4. The number of carbonyl (C=O) groups excluding carboxylic acids is 2. The van der Waals surface area contributed by atoms with Gasteiger partial charge in [0.15, 0.2) is 0 Å². The lowest BCUT2D eigenvalue weighted by atomic mass is 9.96. The highest BCUT2D eigenvalue weighted by atomic mass is 32.2. The number of primary sulfonamides is 1. The van der Waals surface area contributed by atoms with Gasteiger partial charge in [-0.1, -0.05) is 0 Å². The highest BCUT2D eigenvalue weighted by Gasteiger charge is 2.29. The van der Waals surface area contributed by atoms with E-state index in [0.717, 1.165) is 19.4 Å². The minimum atomic E-state index is -3.77. The number of rotatable bonds is 6. The number of nitrogens with one attached hydrogen (secondary N) is 1. The van der Waals surface area contributed by atoms with Crippen LogP contribution >= 0.6 is 0 Å². The molecule has 0 radical (unpaired) electrons. The van der Waals surface area contributed by atoms with Crippen molar-refractivity contribution in [2.45, 2.75) is 57.1 Å². The van der Waals surface area contributed by atoms with Crippen molar-refractivity contribution < 1.29 is 22.7 Å². The van der Waals surface area contributed by atoms with Crippen LogP contribution in [0.15, 0.2) is 29.2 Å². The summed E-state index contributed by atoms with van der Waals surface area (Å²) in [6, 6.07) is 5.38. The van der Waals surface area contributed by atoms with E-state index in [1.54, 1.807) is 11.9 Å². The molecule has 9 nitrogen and oxygen atoms in total. The van der Waals surface area contributed by atoms with E-state index in [0.29, 0.717) is 18.8 Å². The normalized spacial score (nSPS) is 18.8. The van der Waals surface area contributed by atoms with Crippen LogP contribution in [-0.4, -0.2) is 68.5 Å².